The van der Waals surface area contributed by atoms with Crippen LogP contribution in [0.3, 0.4) is 0 Å². The first kappa shape index (κ1) is 17.6. The van der Waals surface area contributed by atoms with Gasteiger partial charge in [-0.05, 0) is 54.8 Å². The van der Waals surface area contributed by atoms with Crippen molar-refractivity contribution in [2.45, 2.75) is 51.9 Å². The monoisotopic (exact) mass is 344 g/mol. The van der Waals surface area contributed by atoms with Crippen LogP contribution in [-0.2, 0) is 13.1 Å². The number of piperidine rings is 1. The molecule has 3 rings (SSSR count). The van der Waals surface area contributed by atoms with E-state index >= 15 is 0 Å². The number of likely N-dealkylation sites (tertiary alicyclic amines) is 1. The van der Waals surface area contributed by atoms with E-state index in [-0.39, 0.29) is 6.10 Å². The SMILES string of the molecule is Cc1ccsc1C(C)NCc1ccccc1CN1CCC(O)CC1. The molecule has 0 radical (unpaired) electrons. The summed E-state index contributed by atoms with van der Waals surface area (Å²) < 4.78 is 0. The summed E-state index contributed by atoms with van der Waals surface area (Å²) in [4.78, 5) is 3.88. The highest BCUT2D eigenvalue weighted by molar-refractivity contribution is 7.10. The number of aliphatic hydroxyl groups is 1. The maximum Gasteiger partial charge on any atom is 0.0564 e. The Morgan fingerprint density at radius 3 is 2.58 bits per heavy atom. The molecule has 130 valence electrons. The van der Waals surface area contributed by atoms with Gasteiger partial charge in [-0.1, -0.05) is 24.3 Å². The Labute approximate surface area is 149 Å². The highest BCUT2D eigenvalue weighted by Crippen LogP contribution is 2.24. The number of aliphatic hydroxyl groups excluding tert-OH is 1. The molecule has 2 N–H and O–H groups in total. The summed E-state index contributed by atoms with van der Waals surface area (Å²) >= 11 is 1.83. The first-order chi connectivity index (χ1) is 11.6. The second-order valence-electron chi connectivity index (χ2n) is 6.85. The predicted molar refractivity (Wildman–Crippen MR) is 101 cm³/mol. The number of rotatable bonds is 6. The van der Waals surface area contributed by atoms with Gasteiger partial charge >= 0.3 is 0 Å². The van der Waals surface area contributed by atoms with Gasteiger partial charge < -0.3 is 10.4 Å². The van der Waals surface area contributed by atoms with Crippen molar-refractivity contribution in [2.24, 2.45) is 0 Å². The van der Waals surface area contributed by atoms with Crippen molar-refractivity contribution in [1.82, 2.24) is 10.2 Å². The van der Waals surface area contributed by atoms with Gasteiger partial charge in [0.15, 0.2) is 0 Å². The molecule has 1 atom stereocenters. The van der Waals surface area contributed by atoms with Crippen LogP contribution in [0.25, 0.3) is 0 Å². The Balaban J connectivity index is 1.60. The third-order valence-electron chi connectivity index (χ3n) is 4.96. The molecule has 2 heterocycles. The number of nitrogens with one attached hydrogen (secondary N) is 1. The molecule has 1 aromatic heterocycles. The highest BCUT2D eigenvalue weighted by atomic mass is 32.1. The van der Waals surface area contributed by atoms with E-state index in [0.29, 0.717) is 6.04 Å². The lowest BCUT2D eigenvalue weighted by molar-refractivity contribution is 0.0791. The van der Waals surface area contributed by atoms with Crippen molar-refractivity contribution in [1.29, 1.82) is 0 Å². The van der Waals surface area contributed by atoms with Crippen LogP contribution >= 0.6 is 11.3 Å². The van der Waals surface area contributed by atoms with Crippen LogP contribution in [0.2, 0.25) is 0 Å². The van der Waals surface area contributed by atoms with Crippen LogP contribution in [0.5, 0.6) is 0 Å². The fourth-order valence-corrected chi connectivity index (χ4v) is 4.35. The molecule has 1 fully saturated rings. The molecule has 3 nitrogen and oxygen atoms in total. The van der Waals surface area contributed by atoms with Crippen molar-refractivity contribution < 1.29 is 5.11 Å². The van der Waals surface area contributed by atoms with Gasteiger partial charge in [0.1, 0.15) is 0 Å². The van der Waals surface area contributed by atoms with Crippen LogP contribution in [0.4, 0.5) is 0 Å². The topological polar surface area (TPSA) is 35.5 Å². The zero-order valence-electron chi connectivity index (χ0n) is 14.7. The van der Waals surface area contributed by atoms with E-state index in [4.69, 9.17) is 0 Å². The third kappa shape index (κ3) is 4.45. The largest absolute Gasteiger partial charge is 0.393 e. The van der Waals surface area contributed by atoms with Crippen molar-refractivity contribution >= 4 is 11.3 Å². The number of aryl methyl sites for hydroxylation is 1. The first-order valence-electron chi connectivity index (χ1n) is 8.88. The van der Waals surface area contributed by atoms with Crippen molar-refractivity contribution in [3.63, 3.8) is 0 Å². The summed E-state index contributed by atoms with van der Waals surface area (Å²) in [7, 11) is 0. The molecule has 0 amide bonds. The minimum absolute atomic E-state index is 0.104. The predicted octanol–water partition coefficient (Wildman–Crippen LogP) is 3.86. The lowest BCUT2D eigenvalue weighted by Crippen LogP contribution is -2.35. The van der Waals surface area contributed by atoms with Crippen molar-refractivity contribution in [3.05, 3.63) is 57.3 Å². The molecule has 1 saturated heterocycles. The number of thiophene rings is 1. The fourth-order valence-electron chi connectivity index (χ4n) is 3.39. The number of benzene rings is 1. The Bertz CT molecular complexity index is 647. The lowest BCUT2D eigenvalue weighted by Gasteiger charge is -2.30. The average Bonchev–Trinajstić information content (AvgIpc) is 3.02. The summed E-state index contributed by atoms with van der Waals surface area (Å²) in [6, 6.07) is 11.3. The van der Waals surface area contributed by atoms with Gasteiger partial charge in [-0.15, -0.1) is 11.3 Å². The lowest BCUT2D eigenvalue weighted by atomic mass is 10.0. The van der Waals surface area contributed by atoms with E-state index in [1.165, 1.54) is 21.6 Å². The van der Waals surface area contributed by atoms with E-state index in [2.05, 4.69) is 59.8 Å². The molecule has 1 aromatic carbocycles. The Kier molecular flexibility index (Phi) is 6.06. The summed E-state index contributed by atoms with van der Waals surface area (Å²) in [5.74, 6) is 0. The van der Waals surface area contributed by atoms with E-state index in [0.717, 1.165) is 39.0 Å². The maximum absolute atomic E-state index is 9.67. The molecule has 0 aliphatic carbocycles. The maximum atomic E-state index is 9.67. The second kappa shape index (κ2) is 8.26. The Morgan fingerprint density at radius 2 is 1.92 bits per heavy atom. The molecule has 0 bridgehead atoms. The molecule has 1 aliphatic heterocycles. The zero-order valence-corrected chi connectivity index (χ0v) is 15.5. The van der Waals surface area contributed by atoms with Crippen molar-refractivity contribution in [3.8, 4) is 0 Å². The standard InChI is InChI=1S/C20H28N2OS/c1-15-9-12-24-20(15)16(2)21-13-17-5-3-4-6-18(17)14-22-10-7-19(23)8-11-22/h3-6,9,12,16,19,21,23H,7-8,10-11,13-14H2,1-2H3. The molecule has 0 saturated carbocycles. The Hall–Kier alpha value is -1.20. The van der Waals surface area contributed by atoms with Gasteiger partial charge in [0.05, 0.1) is 6.10 Å². The van der Waals surface area contributed by atoms with Gasteiger partial charge in [0, 0.05) is 37.1 Å². The van der Waals surface area contributed by atoms with E-state index in [1.54, 1.807) is 0 Å². The van der Waals surface area contributed by atoms with Crippen molar-refractivity contribution in [2.75, 3.05) is 13.1 Å². The normalized spacial score (nSPS) is 18.0. The van der Waals surface area contributed by atoms with Gasteiger partial charge in [-0.3, -0.25) is 4.90 Å². The van der Waals surface area contributed by atoms with Gasteiger partial charge in [0.25, 0.3) is 0 Å². The second-order valence-corrected chi connectivity index (χ2v) is 7.79. The minimum atomic E-state index is -0.104. The van der Waals surface area contributed by atoms with Crippen LogP contribution in [0, 0.1) is 6.92 Å². The number of hydrogen-bond acceptors (Lipinski definition) is 4. The molecular weight excluding hydrogens is 316 g/mol. The summed E-state index contributed by atoms with van der Waals surface area (Å²) in [5, 5.41) is 15.5. The van der Waals surface area contributed by atoms with Crippen LogP contribution < -0.4 is 5.32 Å². The molecule has 0 spiro atoms. The smallest absolute Gasteiger partial charge is 0.0564 e. The molecule has 24 heavy (non-hydrogen) atoms. The molecular formula is C20H28N2OS. The minimum Gasteiger partial charge on any atom is -0.393 e. The fraction of sp³-hybridized carbons (Fsp3) is 0.500. The Morgan fingerprint density at radius 1 is 1.21 bits per heavy atom. The molecule has 1 aliphatic rings. The number of hydrogen-bond donors (Lipinski definition) is 2. The summed E-state index contributed by atoms with van der Waals surface area (Å²) in [6.45, 7) is 8.29. The zero-order chi connectivity index (χ0) is 16.9. The summed E-state index contributed by atoms with van der Waals surface area (Å²) in [5.41, 5.74) is 4.15. The van der Waals surface area contributed by atoms with Crippen LogP contribution in [0.15, 0.2) is 35.7 Å². The average molecular weight is 345 g/mol. The van der Waals surface area contributed by atoms with Gasteiger partial charge in [-0.25, -0.2) is 0 Å². The van der Waals surface area contributed by atoms with Crippen LogP contribution in [0.1, 0.15) is 47.4 Å². The third-order valence-corrected chi connectivity index (χ3v) is 6.16. The van der Waals surface area contributed by atoms with Crippen LogP contribution in [-0.4, -0.2) is 29.2 Å². The first-order valence-corrected chi connectivity index (χ1v) is 9.76. The van der Waals surface area contributed by atoms with Gasteiger partial charge in [-0.2, -0.15) is 0 Å². The summed E-state index contributed by atoms with van der Waals surface area (Å²) in [6.07, 6.45) is 1.69. The molecule has 1 unspecified atom stereocenters. The highest BCUT2D eigenvalue weighted by Gasteiger charge is 2.18. The number of nitrogens with zero attached hydrogens (tertiary/aromatic N) is 1. The van der Waals surface area contributed by atoms with E-state index in [1.807, 2.05) is 11.3 Å². The molecule has 4 heteroatoms. The quantitative estimate of drug-likeness (QED) is 0.835. The van der Waals surface area contributed by atoms with E-state index < -0.39 is 0 Å². The molecule has 2 aromatic rings. The van der Waals surface area contributed by atoms with E-state index in [9.17, 15) is 5.11 Å². The van der Waals surface area contributed by atoms with Gasteiger partial charge in [0.2, 0.25) is 0 Å².